The van der Waals surface area contributed by atoms with E-state index in [1.165, 1.54) is 28.5 Å². The third-order valence-electron chi connectivity index (χ3n) is 6.29. The predicted octanol–water partition coefficient (Wildman–Crippen LogP) is 3.67. The summed E-state index contributed by atoms with van der Waals surface area (Å²) in [6, 6.07) is 16.5. The Kier molecular flexibility index (Phi) is 8.00. The van der Waals surface area contributed by atoms with Gasteiger partial charge in [0.1, 0.15) is 6.33 Å². The molecule has 2 aromatic carbocycles. The average Bonchev–Trinajstić information content (AvgIpc) is 3.33. The maximum atomic E-state index is 12.8. The molecule has 0 N–H and O–H groups in total. The maximum Gasteiger partial charge on any atom is 0.233 e. The van der Waals surface area contributed by atoms with E-state index < -0.39 is 0 Å². The Labute approximate surface area is 205 Å². The molecular formula is C26H31N5O2S. The predicted molar refractivity (Wildman–Crippen MR) is 134 cm³/mol. The lowest BCUT2D eigenvalue weighted by Gasteiger charge is -2.34. The van der Waals surface area contributed by atoms with E-state index in [1.807, 2.05) is 38.6 Å². The molecule has 0 radical (unpaired) electrons. The summed E-state index contributed by atoms with van der Waals surface area (Å²) in [5.74, 6) is 0.545. The van der Waals surface area contributed by atoms with Gasteiger partial charge >= 0.3 is 0 Å². The molecule has 1 saturated heterocycles. The van der Waals surface area contributed by atoms with Gasteiger partial charge in [-0.1, -0.05) is 48.2 Å². The van der Waals surface area contributed by atoms with Crippen LogP contribution in [0.5, 0.6) is 0 Å². The number of thioether (sulfide) groups is 1. The number of carbonyl (C=O) groups is 2. The van der Waals surface area contributed by atoms with Crippen molar-refractivity contribution in [1.29, 1.82) is 0 Å². The zero-order valence-corrected chi connectivity index (χ0v) is 20.6. The summed E-state index contributed by atoms with van der Waals surface area (Å²) < 4.78 is 1.91. The molecule has 34 heavy (non-hydrogen) atoms. The van der Waals surface area contributed by atoms with Crippen molar-refractivity contribution in [2.45, 2.75) is 38.3 Å². The second-order valence-corrected chi connectivity index (χ2v) is 9.58. The summed E-state index contributed by atoms with van der Waals surface area (Å²) in [5.41, 5.74) is 4.68. The molecule has 1 aliphatic rings. The average molecular weight is 478 g/mol. The minimum absolute atomic E-state index is 0.0656. The largest absolute Gasteiger partial charge is 0.339 e. The minimum atomic E-state index is 0.0656. The van der Waals surface area contributed by atoms with E-state index in [0.29, 0.717) is 43.5 Å². The van der Waals surface area contributed by atoms with Crippen LogP contribution in [0.3, 0.4) is 0 Å². The minimum Gasteiger partial charge on any atom is -0.339 e. The SMILES string of the molecule is Cc1ccc(-n2cnnc2SCC(=O)N2CCN(C(=O)CCCc3ccccc3)CC2)cc1C. The monoisotopic (exact) mass is 477 g/mol. The van der Waals surface area contributed by atoms with Gasteiger partial charge in [0.2, 0.25) is 11.8 Å². The van der Waals surface area contributed by atoms with E-state index in [2.05, 4.69) is 48.3 Å². The number of piperazine rings is 1. The molecule has 2 heterocycles. The highest BCUT2D eigenvalue weighted by Crippen LogP contribution is 2.22. The van der Waals surface area contributed by atoms with Gasteiger partial charge in [0.15, 0.2) is 5.16 Å². The normalized spacial score (nSPS) is 13.8. The van der Waals surface area contributed by atoms with E-state index in [-0.39, 0.29) is 11.8 Å². The molecule has 0 aliphatic carbocycles. The Morgan fingerprint density at radius 1 is 0.912 bits per heavy atom. The van der Waals surface area contributed by atoms with E-state index in [9.17, 15) is 9.59 Å². The molecule has 0 bridgehead atoms. The third kappa shape index (κ3) is 6.05. The first-order chi connectivity index (χ1) is 16.5. The number of benzene rings is 2. The quantitative estimate of drug-likeness (QED) is 0.463. The highest BCUT2D eigenvalue weighted by atomic mass is 32.2. The van der Waals surface area contributed by atoms with Crippen molar-refractivity contribution in [3.63, 3.8) is 0 Å². The van der Waals surface area contributed by atoms with E-state index in [4.69, 9.17) is 0 Å². The summed E-state index contributed by atoms with van der Waals surface area (Å²) >= 11 is 1.39. The summed E-state index contributed by atoms with van der Waals surface area (Å²) in [6.07, 6.45) is 3.99. The number of carbonyl (C=O) groups excluding carboxylic acids is 2. The van der Waals surface area contributed by atoms with Crippen LogP contribution >= 0.6 is 11.8 Å². The molecule has 4 rings (SSSR count). The van der Waals surface area contributed by atoms with Crippen molar-refractivity contribution >= 4 is 23.6 Å². The number of amides is 2. The van der Waals surface area contributed by atoms with Crippen molar-refractivity contribution in [3.8, 4) is 5.69 Å². The molecule has 1 aliphatic heterocycles. The number of nitrogens with zero attached hydrogens (tertiary/aromatic N) is 5. The van der Waals surface area contributed by atoms with Crippen LogP contribution in [0.4, 0.5) is 0 Å². The fourth-order valence-electron chi connectivity index (χ4n) is 4.04. The molecule has 1 fully saturated rings. The fourth-order valence-corrected chi connectivity index (χ4v) is 4.88. The van der Waals surface area contributed by atoms with Crippen LogP contribution in [0.1, 0.15) is 29.5 Å². The van der Waals surface area contributed by atoms with Crippen molar-refractivity contribution in [2.75, 3.05) is 31.9 Å². The summed E-state index contributed by atoms with van der Waals surface area (Å²) in [4.78, 5) is 29.1. The first kappa shape index (κ1) is 24.0. The molecule has 178 valence electrons. The third-order valence-corrected chi connectivity index (χ3v) is 7.22. The van der Waals surface area contributed by atoms with E-state index in [0.717, 1.165) is 18.5 Å². The van der Waals surface area contributed by atoms with Gasteiger partial charge in [0.05, 0.1) is 5.75 Å². The van der Waals surface area contributed by atoms with Crippen molar-refractivity contribution in [2.24, 2.45) is 0 Å². The standard InChI is InChI=1S/C26H31N5O2S/c1-20-11-12-23(17-21(20)2)31-19-27-28-26(31)34-18-25(33)30-15-13-29(14-16-30)24(32)10-6-9-22-7-4-3-5-8-22/h3-5,7-8,11-12,17,19H,6,9-10,13-16,18H2,1-2H3. The van der Waals surface area contributed by atoms with Gasteiger partial charge in [0.25, 0.3) is 0 Å². The van der Waals surface area contributed by atoms with Crippen LogP contribution in [0.2, 0.25) is 0 Å². The molecule has 1 aromatic heterocycles. The van der Waals surface area contributed by atoms with E-state index in [1.54, 1.807) is 6.33 Å². The first-order valence-electron chi connectivity index (χ1n) is 11.7. The van der Waals surface area contributed by atoms with Crippen LogP contribution in [0, 0.1) is 13.8 Å². The van der Waals surface area contributed by atoms with Crippen molar-refractivity contribution in [3.05, 3.63) is 71.5 Å². The smallest absolute Gasteiger partial charge is 0.233 e. The van der Waals surface area contributed by atoms with Crippen LogP contribution in [0.15, 0.2) is 60.0 Å². The highest BCUT2D eigenvalue weighted by molar-refractivity contribution is 7.99. The van der Waals surface area contributed by atoms with Crippen molar-refractivity contribution < 1.29 is 9.59 Å². The summed E-state index contributed by atoms with van der Waals surface area (Å²) in [5, 5.41) is 8.93. The fraction of sp³-hybridized carbons (Fsp3) is 0.385. The zero-order valence-electron chi connectivity index (χ0n) is 19.8. The Balaban J connectivity index is 1.22. The second-order valence-electron chi connectivity index (χ2n) is 8.64. The number of hydrogen-bond acceptors (Lipinski definition) is 5. The molecule has 0 atom stereocenters. The number of aromatic nitrogens is 3. The topological polar surface area (TPSA) is 71.3 Å². The molecule has 8 heteroatoms. The Morgan fingerprint density at radius 2 is 1.62 bits per heavy atom. The van der Waals surface area contributed by atoms with Gasteiger partial charge < -0.3 is 9.80 Å². The number of aryl methyl sites for hydroxylation is 3. The molecule has 2 amide bonds. The molecule has 7 nitrogen and oxygen atoms in total. The van der Waals surface area contributed by atoms with Gasteiger partial charge in [-0.05, 0) is 55.5 Å². The summed E-state index contributed by atoms with van der Waals surface area (Å²) in [7, 11) is 0. The lowest BCUT2D eigenvalue weighted by molar-refractivity contribution is -0.138. The van der Waals surface area contributed by atoms with Crippen LogP contribution < -0.4 is 0 Å². The van der Waals surface area contributed by atoms with Crippen LogP contribution in [0.25, 0.3) is 5.69 Å². The number of hydrogen-bond donors (Lipinski definition) is 0. The number of rotatable bonds is 8. The lowest BCUT2D eigenvalue weighted by Crippen LogP contribution is -2.51. The second kappa shape index (κ2) is 11.3. The van der Waals surface area contributed by atoms with E-state index >= 15 is 0 Å². The first-order valence-corrected chi connectivity index (χ1v) is 12.7. The highest BCUT2D eigenvalue weighted by Gasteiger charge is 2.24. The maximum absolute atomic E-state index is 12.8. The zero-order chi connectivity index (χ0) is 23.9. The molecule has 3 aromatic rings. The van der Waals surface area contributed by atoms with Gasteiger partial charge in [-0.2, -0.15) is 0 Å². The van der Waals surface area contributed by atoms with Crippen LogP contribution in [-0.4, -0.2) is 68.3 Å². The van der Waals surface area contributed by atoms with Crippen molar-refractivity contribution in [1.82, 2.24) is 24.6 Å². The van der Waals surface area contributed by atoms with Gasteiger partial charge in [-0.25, -0.2) is 0 Å². The molecule has 0 unspecified atom stereocenters. The summed E-state index contributed by atoms with van der Waals surface area (Å²) in [6.45, 7) is 6.50. The Bertz CT molecular complexity index is 1120. The van der Waals surface area contributed by atoms with Gasteiger partial charge in [-0.15, -0.1) is 10.2 Å². The Morgan fingerprint density at radius 3 is 2.32 bits per heavy atom. The van der Waals surface area contributed by atoms with Crippen LogP contribution in [-0.2, 0) is 16.0 Å². The molecule has 0 saturated carbocycles. The Hall–Kier alpha value is -3.13. The molecular weight excluding hydrogens is 446 g/mol. The van der Waals surface area contributed by atoms with Gasteiger partial charge in [0, 0.05) is 38.3 Å². The molecule has 0 spiro atoms. The van der Waals surface area contributed by atoms with Gasteiger partial charge in [-0.3, -0.25) is 14.2 Å². The lowest BCUT2D eigenvalue weighted by atomic mass is 10.1.